The first kappa shape index (κ1) is 11.3. The minimum absolute atomic E-state index is 0.0394. The van der Waals surface area contributed by atoms with Gasteiger partial charge in [0, 0.05) is 5.57 Å². The molecule has 0 radical (unpaired) electrons. The molecule has 1 rings (SSSR count). The van der Waals surface area contributed by atoms with Crippen molar-refractivity contribution in [1.82, 2.24) is 4.98 Å². The standard InChI is InChI=1S/C10H9F2NO2/c1-2-7(9(12)10(14)15)8-4-3-6(11)5-13-8/h3-5H,2H2,1H3,(H,14,15)/b9-7-. The summed E-state index contributed by atoms with van der Waals surface area (Å²) in [4.78, 5) is 14.0. The lowest BCUT2D eigenvalue weighted by Gasteiger charge is -2.03. The third-order valence-electron chi connectivity index (χ3n) is 1.84. The zero-order chi connectivity index (χ0) is 11.4. The Hall–Kier alpha value is -1.78. The van der Waals surface area contributed by atoms with Crippen molar-refractivity contribution >= 4 is 11.5 Å². The summed E-state index contributed by atoms with van der Waals surface area (Å²) in [7, 11) is 0. The molecule has 1 aromatic heterocycles. The number of carboxylic acids is 1. The van der Waals surface area contributed by atoms with Gasteiger partial charge in [0.2, 0.25) is 5.83 Å². The highest BCUT2D eigenvalue weighted by molar-refractivity contribution is 5.93. The molecule has 0 amide bonds. The fourth-order valence-electron chi connectivity index (χ4n) is 1.13. The van der Waals surface area contributed by atoms with Crippen molar-refractivity contribution < 1.29 is 18.7 Å². The molecule has 0 aromatic carbocycles. The first-order chi connectivity index (χ1) is 7.06. The van der Waals surface area contributed by atoms with Gasteiger partial charge in [-0.25, -0.2) is 9.18 Å². The molecule has 0 aliphatic heterocycles. The van der Waals surface area contributed by atoms with Crippen molar-refractivity contribution in [3.63, 3.8) is 0 Å². The molecule has 3 nitrogen and oxygen atoms in total. The minimum atomic E-state index is -1.64. The summed E-state index contributed by atoms with van der Waals surface area (Å²) in [6.45, 7) is 1.60. The van der Waals surface area contributed by atoms with Crippen LogP contribution >= 0.6 is 0 Å². The van der Waals surface area contributed by atoms with Crippen LogP contribution < -0.4 is 0 Å². The second-order valence-corrected chi connectivity index (χ2v) is 2.81. The molecule has 15 heavy (non-hydrogen) atoms. The number of aromatic nitrogens is 1. The van der Waals surface area contributed by atoms with Crippen LogP contribution in [-0.4, -0.2) is 16.1 Å². The summed E-state index contributed by atoms with van der Waals surface area (Å²) in [6.07, 6.45) is 1.09. The van der Waals surface area contributed by atoms with E-state index in [9.17, 15) is 13.6 Å². The van der Waals surface area contributed by atoms with Crippen LogP contribution in [0, 0.1) is 5.82 Å². The van der Waals surface area contributed by atoms with E-state index in [1.165, 1.54) is 6.07 Å². The van der Waals surface area contributed by atoms with Gasteiger partial charge >= 0.3 is 5.97 Å². The van der Waals surface area contributed by atoms with E-state index in [1.54, 1.807) is 6.92 Å². The van der Waals surface area contributed by atoms with E-state index in [4.69, 9.17) is 5.11 Å². The molecular weight excluding hydrogens is 204 g/mol. The van der Waals surface area contributed by atoms with Gasteiger partial charge < -0.3 is 5.11 Å². The summed E-state index contributed by atoms with van der Waals surface area (Å²) >= 11 is 0. The average Bonchev–Trinajstić information content (AvgIpc) is 2.21. The van der Waals surface area contributed by atoms with E-state index in [1.807, 2.05) is 0 Å². The first-order valence-corrected chi connectivity index (χ1v) is 4.30. The van der Waals surface area contributed by atoms with Crippen molar-refractivity contribution in [2.75, 3.05) is 0 Å². The van der Waals surface area contributed by atoms with Crippen LogP contribution in [0.3, 0.4) is 0 Å². The fraction of sp³-hybridized carbons (Fsp3) is 0.200. The zero-order valence-electron chi connectivity index (χ0n) is 8.00. The molecule has 0 atom stereocenters. The lowest BCUT2D eigenvalue weighted by molar-refractivity contribution is -0.134. The number of nitrogens with zero attached hydrogens (tertiary/aromatic N) is 1. The maximum Gasteiger partial charge on any atom is 0.365 e. The van der Waals surface area contributed by atoms with E-state index in [-0.39, 0.29) is 17.7 Å². The molecule has 1 aromatic rings. The fourth-order valence-corrected chi connectivity index (χ4v) is 1.13. The number of allylic oxidation sites excluding steroid dienone is 1. The molecular formula is C10H9F2NO2. The average molecular weight is 213 g/mol. The second-order valence-electron chi connectivity index (χ2n) is 2.81. The Morgan fingerprint density at radius 1 is 1.53 bits per heavy atom. The van der Waals surface area contributed by atoms with Crippen molar-refractivity contribution in [1.29, 1.82) is 0 Å². The normalized spacial score (nSPS) is 12.2. The smallest absolute Gasteiger partial charge is 0.365 e. The molecule has 0 aliphatic rings. The Morgan fingerprint density at radius 3 is 2.60 bits per heavy atom. The van der Waals surface area contributed by atoms with Crippen molar-refractivity contribution in [3.8, 4) is 0 Å². The van der Waals surface area contributed by atoms with E-state index in [0.717, 1.165) is 12.3 Å². The van der Waals surface area contributed by atoms with E-state index in [0.29, 0.717) is 0 Å². The molecule has 0 unspecified atom stereocenters. The summed E-state index contributed by atoms with van der Waals surface area (Å²) in [5.74, 6) is -3.44. The number of hydrogen-bond acceptors (Lipinski definition) is 2. The Labute approximate surface area is 85.1 Å². The van der Waals surface area contributed by atoms with E-state index < -0.39 is 17.6 Å². The van der Waals surface area contributed by atoms with Gasteiger partial charge in [0.05, 0.1) is 11.9 Å². The Balaban J connectivity index is 3.19. The van der Waals surface area contributed by atoms with Gasteiger partial charge in [-0.15, -0.1) is 0 Å². The lowest BCUT2D eigenvalue weighted by Crippen LogP contribution is -2.00. The number of aliphatic carboxylic acids is 1. The second kappa shape index (κ2) is 4.63. The molecule has 5 heteroatoms. The number of carboxylic acid groups (broad SMARTS) is 1. The number of rotatable bonds is 3. The number of carbonyl (C=O) groups is 1. The monoisotopic (exact) mass is 213 g/mol. The van der Waals surface area contributed by atoms with Crippen LogP contribution in [0.25, 0.3) is 5.57 Å². The van der Waals surface area contributed by atoms with Crippen molar-refractivity contribution in [2.24, 2.45) is 0 Å². The molecule has 0 saturated heterocycles. The van der Waals surface area contributed by atoms with Crippen LogP contribution in [0.4, 0.5) is 8.78 Å². The predicted molar refractivity (Wildman–Crippen MR) is 50.1 cm³/mol. The first-order valence-electron chi connectivity index (χ1n) is 4.30. The van der Waals surface area contributed by atoms with Gasteiger partial charge in [0.1, 0.15) is 5.82 Å². The van der Waals surface area contributed by atoms with Crippen LogP contribution in [0.15, 0.2) is 24.2 Å². The largest absolute Gasteiger partial charge is 0.476 e. The van der Waals surface area contributed by atoms with Gasteiger partial charge in [0.15, 0.2) is 0 Å². The summed E-state index contributed by atoms with van der Waals surface area (Å²) in [5.41, 5.74) is 0.0984. The molecule has 0 spiro atoms. The van der Waals surface area contributed by atoms with Crippen molar-refractivity contribution in [2.45, 2.75) is 13.3 Å². The Bertz CT molecular complexity index is 398. The van der Waals surface area contributed by atoms with Crippen LogP contribution in [0.5, 0.6) is 0 Å². The summed E-state index contributed by atoms with van der Waals surface area (Å²) in [6, 6.07) is 2.35. The number of halogens is 2. The summed E-state index contributed by atoms with van der Waals surface area (Å²) in [5, 5.41) is 8.46. The topological polar surface area (TPSA) is 50.2 Å². The zero-order valence-corrected chi connectivity index (χ0v) is 8.00. The van der Waals surface area contributed by atoms with Gasteiger partial charge in [-0.05, 0) is 18.6 Å². The third kappa shape index (κ3) is 2.59. The van der Waals surface area contributed by atoms with Crippen LogP contribution in [0.2, 0.25) is 0 Å². The van der Waals surface area contributed by atoms with Gasteiger partial charge in [-0.2, -0.15) is 4.39 Å². The number of hydrogen-bond donors (Lipinski definition) is 1. The van der Waals surface area contributed by atoms with Gasteiger partial charge in [-0.1, -0.05) is 6.92 Å². The SMILES string of the molecule is CC/C(=C(/F)C(=O)O)c1ccc(F)cn1. The Morgan fingerprint density at radius 2 is 2.20 bits per heavy atom. The van der Waals surface area contributed by atoms with E-state index in [2.05, 4.69) is 4.98 Å². The molecule has 0 fully saturated rings. The molecule has 1 heterocycles. The van der Waals surface area contributed by atoms with Crippen molar-refractivity contribution in [3.05, 3.63) is 35.7 Å². The highest BCUT2D eigenvalue weighted by Gasteiger charge is 2.15. The maximum atomic E-state index is 13.1. The maximum absolute atomic E-state index is 13.1. The van der Waals surface area contributed by atoms with Crippen LogP contribution in [0.1, 0.15) is 19.0 Å². The third-order valence-corrected chi connectivity index (χ3v) is 1.84. The Kier molecular flexibility index (Phi) is 3.49. The minimum Gasteiger partial charge on any atom is -0.476 e. The van der Waals surface area contributed by atoms with Crippen LogP contribution in [-0.2, 0) is 4.79 Å². The van der Waals surface area contributed by atoms with E-state index >= 15 is 0 Å². The lowest BCUT2D eigenvalue weighted by atomic mass is 10.1. The predicted octanol–water partition coefficient (Wildman–Crippen LogP) is 2.40. The molecule has 80 valence electrons. The molecule has 1 N–H and O–H groups in total. The highest BCUT2D eigenvalue weighted by Crippen LogP contribution is 2.21. The highest BCUT2D eigenvalue weighted by atomic mass is 19.1. The molecule has 0 aliphatic carbocycles. The molecule has 0 saturated carbocycles. The quantitative estimate of drug-likeness (QED) is 0.784. The molecule has 0 bridgehead atoms. The summed E-state index contributed by atoms with van der Waals surface area (Å²) < 4.78 is 25.6. The van der Waals surface area contributed by atoms with Gasteiger partial charge in [-0.3, -0.25) is 4.98 Å². The van der Waals surface area contributed by atoms with Gasteiger partial charge in [0.25, 0.3) is 0 Å². The number of pyridine rings is 1.